The van der Waals surface area contributed by atoms with Crippen molar-refractivity contribution < 1.29 is 14.6 Å². The Morgan fingerprint density at radius 3 is 2.60 bits per heavy atom. The monoisotopic (exact) mass is 213 g/mol. The molecule has 1 rings (SSSR count). The van der Waals surface area contributed by atoms with E-state index in [0.717, 1.165) is 0 Å². The quantitative estimate of drug-likeness (QED) is 0.691. The molecular formula is C11H16FNO2. The molecule has 1 aromatic rings. The van der Waals surface area contributed by atoms with E-state index in [1.807, 2.05) is 0 Å². The lowest BCUT2D eigenvalue weighted by atomic mass is 9.99. The third-order valence-corrected chi connectivity index (χ3v) is 2.33. The summed E-state index contributed by atoms with van der Waals surface area (Å²) in [6.45, 7) is 1.99. The Kier molecular flexibility index (Phi) is 4.20. The second-order valence-corrected chi connectivity index (χ2v) is 3.57. The molecule has 4 heteroatoms. The van der Waals surface area contributed by atoms with Crippen LogP contribution in [0.15, 0.2) is 18.2 Å². The Bertz CT molecular complexity index is 330. The summed E-state index contributed by atoms with van der Waals surface area (Å²) < 4.78 is 12.8. The normalized spacial score (nSPS) is 15.0. The van der Waals surface area contributed by atoms with E-state index in [2.05, 4.69) is 5.32 Å². The molecule has 0 spiro atoms. The predicted octanol–water partition coefficient (Wildman–Crippen LogP) is 0.748. The van der Waals surface area contributed by atoms with Crippen LogP contribution in [0.2, 0.25) is 0 Å². The molecule has 1 aromatic carbocycles. The van der Waals surface area contributed by atoms with Crippen LogP contribution in [0.25, 0.3) is 0 Å². The van der Waals surface area contributed by atoms with Crippen LogP contribution >= 0.6 is 0 Å². The molecule has 0 aliphatic heterocycles. The molecule has 0 aromatic heterocycles. The Balaban J connectivity index is 2.86. The molecule has 0 radical (unpaired) electrons. The highest BCUT2D eigenvalue weighted by molar-refractivity contribution is 5.29. The van der Waals surface area contributed by atoms with Gasteiger partial charge in [-0.05, 0) is 37.2 Å². The molecule has 0 fully saturated rings. The molecule has 3 N–H and O–H groups in total. The fourth-order valence-corrected chi connectivity index (χ4v) is 1.50. The molecular weight excluding hydrogens is 197 g/mol. The van der Waals surface area contributed by atoms with Crippen molar-refractivity contribution in [2.24, 2.45) is 0 Å². The summed E-state index contributed by atoms with van der Waals surface area (Å²) in [5.74, 6) is -0.341. The molecule has 0 bridgehead atoms. The average molecular weight is 213 g/mol. The lowest BCUT2D eigenvalue weighted by Gasteiger charge is -2.19. The second-order valence-electron chi connectivity index (χ2n) is 3.57. The molecule has 0 saturated carbocycles. The van der Waals surface area contributed by atoms with Gasteiger partial charge in [-0.3, -0.25) is 0 Å². The maximum absolute atomic E-state index is 12.8. The topological polar surface area (TPSA) is 52.5 Å². The van der Waals surface area contributed by atoms with Crippen LogP contribution in [0.5, 0.6) is 0 Å². The Labute approximate surface area is 88.6 Å². The minimum Gasteiger partial charge on any atom is -0.389 e. The number of benzene rings is 1. The average Bonchev–Trinajstić information content (AvgIpc) is 2.17. The number of halogens is 1. The van der Waals surface area contributed by atoms with E-state index in [1.54, 1.807) is 14.0 Å². The standard InChI is InChI=1S/C11H16FNO2/c1-7-5-8(12)3-4-9(7)11(15)10(14)6-13-2/h3-5,10-11,13-15H,6H2,1-2H3. The largest absolute Gasteiger partial charge is 0.389 e. The second kappa shape index (κ2) is 5.21. The predicted molar refractivity (Wildman–Crippen MR) is 56.0 cm³/mol. The minimum atomic E-state index is -0.988. The third kappa shape index (κ3) is 2.99. The first kappa shape index (κ1) is 12.1. The minimum absolute atomic E-state index is 0.290. The van der Waals surface area contributed by atoms with E-state index in [0.29, 0.717) is 11.1 Å². The number of hydrogen-bond acceptors (Lipinski definition) is 3. The van der Waals surface area contributed by atoms with Crippen LogP contribution in [0.3, 0.4) is 0 Å². The molecule has 0 amide bonds. The molecule has 0 aliphatic carbocycles. The number of aryl methyl sites for hydroxylation is 1. The summed E-state index contributed by atoms with van der Waals surface area (Å²) >= 11 is 0. The first-order valence-electron chi connectivity index (χ1n) is 4.83. The van der Waals surface area contributed by atoms with E-state index in [4.69, 9.17) is 0 Å². The number of aliphatic hydroxyl groups excluding tert-OH is 2. The first-order chi connectivity index (χ1) is 7.06. The van der Waals surface area contributed by atoms with Crippen molar-refractivity contribution in [2.45, 2.75) is 19.1 Å². The molecule has 2 atom stereocenters. The molecule has 15 heavy (non-hydrogen) atoms. The zero-order valence-electron chi connectivity index (χ0n) is 8.87. The van der Waals surface area contributed by atoms with Gasteiger partial charge in [0, 0.05) is 6.54 Å². The third-order valence-electron chi connectivity index (χ3n) is 2.33. The van der Waals surface area contributed by atoms with Crippen molar-refractivity contribution >= 4 is 0 Å². The van der Waals surface area contributed by atoms with Gasteiger partial charge in [0.15, 0.2) is 0 Å². The first-order valence-corrected chi connectivity index (χ1v) is 4.83. The highest BCUT2D eigenvalue weighted by atomic mass is 19.1. The highest BCUT2D eigenvalue weighted by Gasteiger charge is 2.19. The van der Waals surface area contributed by atoms with Crippen LogP contribution in [-0.4, -0.2) is 29.9 Å². The van der Waals surface area contributed by atoms with Crippen LogP contribution < -0.4 is 5.32 Å². The fraction of sp³-hybridized carbons (Fsp3) is 0.455. The Morgan fingerprint density at radius 2 is 2.07 bits per heavy atom. The van der Waals surface area contributed by atoms with Crippen molar-refractivity contribution in [2.75, 3.05) is 13.6 Å². The number of likely N-dealkylation sites (N-methyl/N-ethyl adjacent to an activating group) is 1. The molecule has 0 saturated heterocycles. The van der Waals surface area contributed by atoms with Gasteiger partial charge < -0.3 is 15.5 Å². The van der Waals surface area contributed by atoms with E-state index in [1.165, 1.54) is 18.2 Å². The van der Waals surface area contributed by atoms with Crippen molar-refractivity contribution in [3.8, 4) is 0 Å². The molecule has 0 aliphatic rings. The van der Waals surface area contributed by atoms with E-state index in [9.17, 15) is 14.6 Å². The van der Waals surface area contributed by atoms with Gasteiger partial charge in [-0.15, -0.1) is 0 Å². The summed E-state index contributed by atoms with van der Waals surface area (Å²) in [6, 6.07) is 4.11. The smallest absolute Gasteiger partial charge is 0.123 e. The lowest BCUT2D eigenvalue weighted by molar-refractivity contribution is 0.0198. The Morgan fingerprint density at radius 1 is 1.40 bits per heavy atom. The van der Waals surface area contributed by atoms with Crippen molar-refractivity contribution in [1.29, 1.82) is 0 Å². The lowest BCUT2D eigenvalue weighted by Crippen LogP contribution is -2.29. The maximum Gasteiger partial charge on any atom is 0.123 e. The van der Waals surface area contributed by atoms with Crippen LogP contribution in [0.4, 0.5) is 4.39 Å². The van der Waals surface area contributed by atoms with Gasteiger partial charge in [0.25, 0.3) is 0 Å². The summed E-state index contributed by atoms with van der Waals surface area (Å²) in [6.07, 6.45) is -1.88. The highest BCUT2D eigenvalue weighted by Crippen LogP contribution is 2.21. The summed E-state index contributed by atoms with van der Waals surface area (Å²) in [4.78, 5) is 0. The van der Waals surface area contributed by atoms with Crippen LogP contribution in [0.1, 0.15) is 17.2 Å². The number of rotatable bonds is 4. The van der Waals surface area contributed by atoms with Gasteiger partial charge in [0.1, 0.15) is 11.9 Å². The van der Waals surface area contributed by atoms with E-state index >= 15 is 0 Å². The van der Waals surface area contributed by atoms with Crippen molar-refractivity contribution in [3.05, 3.63) is 35.1 Å². The zero-order chi connectivity index (χ0) is 11.4. The molecule has 3 nitrogen and oxygen atoms in total. The Hall–Kier alpha value is -0.970. The number of hydrogen-bond donors (Lipinski definition) is 3. The van der Waals surface area contributed by atoms with Gasteiger partial charge in [-0.2, -0.15) is 0 Å². The maximum atomic E-state index is 12.8. The summed E-state index contributed by atoms with van der Waals surface area (Å²) in [5.41, 5.74) is 1.19. The zero-order valence-corrected chi connectivity index (χ0v) is 8.87. The number of nitrogens with one attached hydrogen (secondary N) is 1. The van der Waals surface area contributed by atoms with Crippen LogP contribution in [-0.2, 0) is 0 Å². The van der Waals surface area contributed by atoms with Gasteiger partial charge in [0.2, 0.25) is 0 Å². The molecule has 84 valence electrons. The fourth-order valence-electron chi connectivity index (χ4n) is 1.50. The van der Waals surface area contributed by atoms with Crippen molar-refractivity contribution in [1.82, 2.24) is 5.32 Å². The number of aliphatic hydroxyl groups is 2. The summed E-state index contributed by atoms with van der Waals surface area (Å²) in [5, 5.41) is 22.1. The van der Waals surface area contributed by atoms with E-state index < -0.39 is 12.2 Å². The van der Waals surface area contributed by atoms with Crippen LogP contribution in [0, 0.1) is 12.7 Å². The van der Waals surface area contributed by atoms with Gasteiger partial charge in [0.05, 0.1) is 6.10 Å². The van der Waals surface area contributed by atoms with Crippen molar-refractivity contribution in [3.63, 3.8) is 0 Å². The van der Waals surface area contributed by atoms with Gasteiger partial charge in [-0.25, -0.2) is 4.39 Å². The summed E-state index contributed by atoms with van der Waals surface area (Å²) in [7, 11) is 1.69. The molecule has 0 heterocycles. The van der Waals surface area contributed by atoms with Gasteiger partial charge >= 0.3 is 0 Å². The van der Waals surface area contributed by atoms with Gasteiger partial charge in [-0.1, -0.05) is 6.07 Å². The van der Waals surface area contributed by atoms with E-state index in [-0.39, 0.29) is 12.4 Å². The molecule has 2 unspecified atom stereocenters. The SMILES string of the molecule is CNCC(O)C(O)c1ccc(F)cc1C.